The van der Waals surface area contributed by atoms with Crippen LogP contribution in [0.1, 0.15) is 32.0 Å². The molecule has 0 fully saturated rings. The van der Waals surface area contributed by atoms with E-state index in [1.54, 1.807) is 0 Å². The Labute approximate surface area is 91.6 Å². The van der Waals surface area contributed by atoms with Gasteiger partial charge in [-0.05, 0) is 26.0 Å². The zero-order chi connectivity index (χ0) is 11.1. The lowest BCUT2D eigenvalue weighted by Gasteiger charge is -2.15. The van der Waals surface area contributed by atoms with Crippen molar-refractivity contribution in [2.75, 3.05) is 19.8 Å². The van der Waals surface area contributed by atoms with Crippen molar-refractivity contribution in [3.63, 3.8) is 0 Å². The normalized spacial score (nSPS) is 13.0. The first-order chi connectivity index (χ1) is 7.27. The van der Waals surface area contributed by atoms with E-state index in [-0.39, 0.29) is 0 Å². The largest absolute Gasteiger partial charge is 0.382 e. The van der Waals surface area contributed by atoms with Gasteiger partial charge in [-0.2, -0.15) is 5.10 Å². The average molecular weight is 211 g/mol. The number of hydrogen-bond acceptors (Lipinski definition) is 3. The summed E-state index contributed by atoms with van der Waals surface area (Å²) < 4.78 is 7.20. The Bertz CT molecular complexity index is 273. The molecule has 0 aromatic carbocycles. The van der Waals surface area contributed by atoms with Crippen LogP contribution in [0, 0.1) is 0 Å². The second kappa shape index (κ2) is 6.58. The minimum absolute atomic E-state index is 0.308. The van der Waals surface area contributed by atoms with Gasteiger partial charge < -0.3 is 10.1 Å². The van der Waals surface area contributed by atoms with Gasteiger partial charge in [0.15, 0.2) is 0 Å². The van der Waals surface area contributed by atoms with Crippen molar-refractivity contribution in [3.8, 4) is 0 Å². The number of hydrogen-bond donors (Lipinski definition) is 1. The minimum Gasteiger partial charge on any atom is -0.382 e. The molecule has 1 rings (SSSR count). The number of rotatable bonds is 7. The molecule has 0 saturated heterocycles. The highest BCUT2D eigenvalue weighted by molar-refractivity contribution is 5.05. The summed E-state index contributed by atoms with van der Waals surface area (Å²) in [4.78, 5) is 0. The Balaban J connectivity index is 2.49. The summed E-state index contributed by atoms with van der Waals surface area (Å²) in [5, 5.41) is 7.82. The molecule has 1 heterocycles. The molecule has 0 spiro atoms. The molecule has 4 nitrogen and oxygen atoms in total. The number of aryl methyl sites for hydroxylation is 1. The molecule has 1 N–H and O–H groups in total. The zero-order valence-corrected chi connectivity index (χ0v) is 9.86. The summed E-state index contributed by atoms with van der Waals surface area (Å²) in [6.45, 7) is 6.64. The Hall–Kier alpha value is -0.870. The van der Waals surface area contributed by atoms with Crippen molar-refractivity contribution < 1.29 is 4.74 Å². The van der Waals surface area contributed by atoms with E-state index >= 15 is 0 Å². The van der Waals surface area contributed by atoms with Crippen molar-refractivity contribution in [2.24, 2.45) is 7.05 Å². The van der Waals surface area contributed by atoms with Crippen LogP contribution < -0.4 is 5.32 Å². The van der Waals surface area contributed by atoms with Crippen molar-refractivity contribution in [3.05, 3.63) is 18.0 Å². The molecule has 1 aromatic heterocycles. The van der Waals surface area contributed by atoms with Crippen LogP contribution in [0.15, 0.2) is 12.3 Å². The Kier molecular flexibility index (Phi) is 5.36. The SMILES string of the molecule is CCNC(CCOCC)c1ccn(C)n1. The number of aromatic nitrogens is 2. The molecular weight excluding hydrogens is 190 g/mol. The minimum atomic E-state index is 0.308. The Morgan fingerprint density at radius 2 is 2.33 bits per heavy atom. The fraction of sp³-hybridized carbons (Fsp3) is 0.727. The van der Waals surface area contributed by atoms with Crippen LogP contribution >= 0.6 is 0 Å². The van der Waals surface area contributed by atoms with Crippen molar-refractivity contribution in [1.29, 1.82) is 0 Å². The summed E-state index contributed by atoms with van der Waals surface area (Å²) in [6, 6.07) is 2.36. The molecule has 15 heavy (non-hydrogen) atoms. The molecular formula is C11H21N3O. The van der Waals surface area contributed by atoms with Crippen molar-refractivity contribution >= 4 is 0 Å². The van der Waals surface area contributed by atoms with Gasteiger partial charge in [0, 0.05) is 26.5 Å². The van der Waals surface area contributed by atoms with Crippen molar-refractivity contribution in [1.82, 2.24) is 15.1 Å². The highest BCUT2D eigenvalue weighted by Crippen LogP contribution is 2.13. The molecule has 0 saturated carbocycles. The van der Waals surface area contributed by atoms with Gasteiger partial charge in [-0.25, -0.2) is 0 Å². The fourth-order valence-electron chi connectivity index (χ4n) is 1.57. The van der Waals surface area contributed by atoms with E-state index < -0.39 is 0 Å². The van der Waals surface area contributed by atoms with Crippen LogP contribution in [0.4, 0.5) is 0 Å². The fourth-order valence-corrected chi connectivity index (χ4v) is 1.57. The van der Waals surface area contributed by atoms with Gasteiger partial charge in [0.05, 0.1) is 11.7 Å². The molecule has 0 amide bonds. The highest BCUT2D eigenvalue weighted by atomic mass is 16.5. The second-order valence-corrected chi connectivity index (χ2v) is 3.51. The molecule has 0 aliphatic rings. The topological polar surface area (TPSA) is 39.1 Å². The van der Waals surface area contributed by atoms with Gasteiger partial charge in [0.1, 0.15) is 0 Å². The first-order valence-corrected chi connectivity index (χ1v) is 5.58. The molecule has 4 heteroatoms. The van der Waals surface area contributed by atoms with Crippen molar-refractivity contribution in [2.45, 2.75) is 26.3 Å². The molecule has 1 unspecified atom stereocenters. The Morgan fingerprint density at radius 1 is 1.53 bits per heavy atom. The first-order valence-electron chi connectivity index (χ1n) is 5.58. The standard InChI is InChI=1S/C11H21N3O/c1-4-12-10(7-9-15-5-2)11-6-8-14(3)13-11/h6,8,10,12H,4-5,7,9H2,1-3H3. The van der Waals surface area contributed by atoms with Gasteiger partial charge >= 0.3 is 0 Å². The number of nitrogens with one attached hydrogen (secondary N) is 1. The van der Waals surface area contributed by atoms with Gasteiger partial charge in [-0.15, -0.1) is 0 Å². The molecule has 0 aliphatic heterocycles. The number of ether oxygens (including phenoxy) is 1. The lowest BCUT2D eigenvalue weighted by Crippen LogP contribution is -2.23. The lowest BCUT2D eigenvalue weighted by atomic mass is 10.1. The van der Waals surface area contributed by atoms with Crippen LogP contribution in [0.5, 0.6) is 0 Å². The molecule has 1 atom stereocenters. The van der Waals surface area contributed by atoms with Crippen LogP contribution in [-0.2, 0) is 11.8 Å². The second-order valence-electron chi connectivity index (χ2n) is 3.51. The van der Waals surface area contributed by atoms with Crippen LogP contribution in [0.3, 0.4) is 0 Å². The maximum absolute atomic E-state index is 5.36. The third kappa shape index (κ3) is 4.01. The van der Waals surface area contributed by atoms with Crippen LogP contribution in [0.25, 0.3) is 0 Å². The Morgan fingerprint density at radius 3 is 2.87 bits per heavy atom. The average Bonchev–Trinajstić information content (AvgIpc) is 2.64. The van der Waals surface area contributed by atoms with E-state index in [0.29, 0.717) is 6.04 Å². The molecule has 0 aliphatic carbocycles. The first kappa shape index (κ1) is 12.2. The molecule has 0 radical (unpaired) electrons. The molecule has 1 aromatic rings. The quantitative estimate of drug-likeness (QED) is 0.695. The number of nitrogens with zero attached hydrogens (tertiary/aromatic N) is 2. The summed E-state index contributed by atoms with van der Waals surface area (Å²) in [5.41, 5.74) is 1.10. The highest BCUT2D eigenvalue weighted by Gasteiger charge is 2.12. The van der Waals surface area contributed by atoms with Gasteiger partial charge in [0.25, 0.3) is 0 Å². The molecule has 0 bridgehead atoms. The summed E-state index contributed by atoms with van der Waals surface area (Å²) in [5.74, 6) is 0. The van der Waals surface area contributed by atoms with E-state index in [9.17, 15) is 0 Å². The van der Waals surface area contributed by atoms with E-state index in [4.69, 9.17) is 4.74 Å². The maximum atomic E-state index is 5.36. The summed E-state index contributed by atoms with van der Waals surface area (Å²) in [6.07, 6.45) is 2.94. The van der Waals surface area contributed by atoms with Crippen LogP contribution in [-0.4, -0.2) is 29.5 Å². The predicted octanol–water partition coefficient (Wildman–Crippen LogP) is 1.50. The van der Waals surface area contributed by atoms with Gasteiger partial charge in [0.2, 0.25) is 0 Å². The lowest BCUT2D eigenvalue weighted by molar-refractivity contribution is 0.136. The predicted molar refractivity (Wildman–Crippen MR) is 60.7 cm³/mol. The maximum Gasteiger partial charge on any atom is 0.0794 e. The van der Waals surface area contributed by atoms with E-state index in [1.807, 2.05) is 24.9 Å². The molecule has 86 valence electrons. The third-order valence-electron chi connectivity index (χ3n) is 2.30. The summed E-state index contributed by atoms with van der Waals surface area (Å²) in [7, 11) is 1.94. The van der Waals surface area contributed by atoms with Gasteiger partial charge in [-0.3, -0.25) is 4.68 Å². The van der Waals surface area contributed by atoms with E-state index in [1.165, 1.54) is 0 Å². The smallest absolute Gasteiger partial charge is 0.0794 e. The van der Waals surface area contributed by atoms with E-state index in [2.05, 4.69) is 23.4 Å². The summed E-state index contributed by atoms with van der Waals surface area (Å²) >= 11 is 0. The van der Waals surface area contributed by atoms with Gasteiger partial charge in [-0.1, -0.05) is 6.92 Å². The van der Waals surface area contributed by atoms with E-state index in [0.717, 1.165) is 31.9 Å². The van der Waals surface area contributed by atoms with Crippen LogP contribution in [0.2, 0.25) is 0 Å². The monoisotopic (exact) mass is 211 g/mol. The third-order valence-corrected chi connectivity index (χ3v) is 2.30. The zero-order valence-electron chi connectivity index (χ0n) is 9.86.